The van der Waals surface area contributed by atoms with Gasteiger partial charge in [0.1, 0.15) is 5.76 Å². The second-order valence-corrected chi connectivity index (χ2v) is 2.44. The van der Waals surface area contributed by atoms with E-state index in [1.54, 1.807) is 18.2 Å². The molecule has 0 rings (SSSR count). The Morgan fingerprint density at radius 3 is 2.38 bits per heavy atom. The average Bonchev–Trinajstić information content (AvgIpc) is 2.11. The molecule has 70 valence electrons. The van der Waals surface area contributed by atoms with Crippen molar-refractivity contribution in [3.8, 4) is 0 Å². The number of aliphatic hydroxyl groups excluding tert-OH is 1. The molecule has 2 heteroatoms. The molecule has 0 amide bonds. The fourth-order valence-electron chi connectivity index (χ4n) is 0.756. The Hall–Kier alpha value is -1.57. The largest absolute Gasteiger partial charge is 0.507 e. The van der Waals surface area contributed by atoms with E-state index in [1.165, 1.54) is 13.0 Å². The SMILES string of the molecule is C=C\C(O)=C(/C=C\C=C/C)C(C)=O. The van der Waals surface area contributed by atoms with Crippen molar-refractivity contribution in [2.45, 2.75) is 13.8 Å². The quantitative estimate of drug-likeness (QED) is 0.408. The molecule has 0 aliphatic heterocycles. The molecule has 0 bridgehead atoms. The van der Waals surface area contributed by atoms with E-state index in [4.69, 9.17) is 0 Å². The van der Waals surface area contributed by atoms with E-state index in [9.17, 15) is 9.90 Å². The summed E-state index contributed by atoms with van der Waals surface area (Å²) in [4.78, 5) is 11.0. The van der Waals surface area contributed by atoms with Gasteiger partial charge in [-0.15, -0.1) is 0 Å². The summed E-state index contributed by atoms with van der Waals surface area (Å²) in [5.41, 5.74) is 0.271. The highest BCUT2D eigenvalue weighted by molar-refractivity contribution is 5.96. The number of aliphatic hydroxyl groups is 1. The van der Waals surface area contributed by atoms with Gasteiger partial charge in [-0.05, 0) is 26.0 Å². The molecule has 1 N–H and O–H groups in total. The molecule has 13 heavy (non-hydrogen) atoms. The summed E-state index contributed by atoms with van der Waals surface area (Å²) in [6.07, 6.45) is 8.10. The topological polar surface area (TPSA) is 37.3 Å². The molecule has 0 saturated carbocycles. The van der Waals surface area contributed by atoms with Crippen LogP contribution in [0.5, 0.6) is 0 Å². The maximum absolute atomic E-state index is 11.0. The van der Waals surface area contributed by atoms with E-state index in [1.807, 2.05) is 13.0 Å². The number of Topliss-reactive ketones (excluding diaryl/α,β-unsaturated/α-hetero) is 1. The van der Waals surface area contributed by atoms with Crippen LogP contribution in [0.1, 0.15) is 13.8 Å². The molecular formula is C11H14O2. The fraction of sp³-hybridized carbons (Fsp3) is 0.182. The predicted octanol–water partition coefficient (Wildman–Crippen LogP) is 2.71. The highest BCUT2D eigenvalue weighted by Crippen LogP contribution is 2.05. The van der Waals surface area contributed by atoms with Crippen molar-refractivity contribution < 1.29 is 9.90 Å². The van der Waals surface area contributed by atoms with Crippen LogP contribution in [0.3, 0.4) is 0 Å². The molecule has 0 aromatic heterocycles. The van der Waals surface area contributed by atoms with Crippen LogP contribution in [0.4, 0.5) is 0 Å². The van der Waals surface area contributed by atoms with Gasteiger partial charge in [-0.25, -0.2) is 0 Å². The number of ketones is 1. The molecule has 2 nitrogen and oxygen atoms in total. The first-order valence-electron chi connectivity index (χ1n) is 3.99. The van der Waals surface area contributed by atoms with Crippen molar-refractivity contribution >= 4 is 5.78 Å². The second-order valence-electron chi connectivity index (χ2n) is 2.44. The van der Waals surface area contributed by atoms with Gasteiger partial charge in [0.2, 0.25) is 0 Å². The molecule has 0 aromatic rings. The lowest BCUT2D eigenvalue weighted by Gasteiger charge is -1.97. The average molecular weight is 178 g/mol. The molecule has 0 unspecified atom stereocenters. The molecule has 0 aromatic carbocycles. The summed E-state index contributed by atoms with van der Waals surface area (Å²) in [7, 11) is 0. The number of allylic oxidation sites excluding steroid dienone is 6. The van der Waals surface area contributed by atoms with Gasteiger partial charge in [0.25, 0.3) is 0 Å². The van der Waals surface area contributed by atoms with Crippen LogP contribution >= 0.6 is 0 Å². The molecule has 0 aliphatic carbocycles. The minimum absolute atomic E-state index is 0.0896. The number of rotatable bonds is 4. The van der Waals surface area contributed by atoms with Crippen LogP contribution in [-0.2, 0) is 4.79 Å². The van der Waals surface area contributed by atoms with Crippen LogP contribution in [0.2, 0.25) is 0 Å². The van der Waals surface area contributed by atoms with Crippen molar-refractivity contribution in [2.75, 3.05) is 0 Å². The summed E-state index contributed by atoms with van der Waals surface area (Å²) in [5, 5.41) is 9.25. The van der Waals surface area contributed by atoms with Crippen LogP contribution in [0, 0.1) is 0 Å². The summed E-state index contributed by atoms with van der Waals surface area (Å²) < 4.78 is 0. The van der Waals surface area contributed by atoms with Gasteiger partial charge in [-0.2, -0.15) is 0 Å². The van der Waals surface area contributed by atoms with Gasteiger partial charge < -0.3 is 5.11 Å². The van der Waals surface area contributed by atoms with Gasteiger partial charge in [0, 0.05) is 0 Å². The third-order valence-corrected chi connectivity index (χ3v) is 1.42. The van der Waals surface area contributed by atoms with Gasteiger partial charge in [-0.1, -0.05) is 24.8 Å². The number of hydrogen-bond donors (Lipinski definition) is 1. The van der Waals surface area contributed by atoms with E-state index in [-0.39, 0.29) is 17.1 Å². The van der Waals surface area contributed by atoms with E-state index >= 15 is 0 Å². The van der Waals surface area contributed by atoms with Crippen molar-refractivity contribution in [2.24, 2.45) is 0 Å². The molecule has 0 atom stereocenters. The minimum Gasteiger partial charge on any atom is -0.507 e. The Labute approximate surface area is 78.6 Å². The van der Waals surface area contributed by atoms with Crippen molar-refractivity contribution in [1.82, 2.24) is 0 Å². The third kappa shape index (κ3) is 4.11. The molecule has 0 fully saturated rings. The van der Waals surface area contributed by atoms with Gasteiger partial charge in [0.05, 0.1) is 5.57 Å². The summed E-state index contributed by atoms with van der Waals surface area (Å²) in [6.45, 7) is 6.65. The molecule has 0 radical (unpaired) electrons. The van der Waals surface area contributed by atoms with Crippen LogP contribution in [0.25, 0.3) is 0 Å². The Morgan fingerprint density at radius 2 is 2.00 bits per heavy atom. The van der Waals surface area contributed by atoms with Gasteiger partial charge in [0.15, 0.2) is 5.78 Å². The van der Waals surface area contributed by atoms with Crippen molar-refractivity contribution in [1.29, 1.82) is 0 Å². The number of carbonyl (C=O) groups excluding carboxylic acids is 1. The fourth-order valence-corrected chi connectivity index (χ4v) is 0.756. The summed E-state index contributed by atoms with van der Waals surface area (Å²) >= 11 is 0. The number of hydrogen-bond acceptors (Lipinski definition) is 2. The zero-order valence-electron chi connectivity index (χ0n) is 7.95. The minimum atomic E-state index is -0.182. The maximum Gasteiger partial charge on any atom is 0.163 e. The normalized spacial score (nSPS) is 13.4. The Bertz CT molecular complexity index is 280. The maximum atomic E-state index is 11.0. The standard InChI is InChI=1S/C11H14O2/c1-4-6-7-8-10(9(3)12)11(13)5-2/h4-8,13H,2H2,1,3H3/b6-4-,8-7-,11-10-. The Morgan fingerprint density at radius 1 is 1.38 bits per heavy atom. The predicted molar refractivity (Wildman–Crippen MR) is 54.5 cm³/mol. The Kier molecular flexibility index (Phi) is 5.28. The first kappa shape index (κ1) is 11.4. The van der Waals surface area contributed by atoms with E-state index in [2.05, 4.69) is 6.58 Å². The molecule has 0 heterocycles. The smallest absolute Gasteiger partial charge is 0.163 e. The number of carbonyl (C=O) groups is 1. The van der Waals surface area contributed by atoms with E-state index < -0.39 is 0 Å². The van der Waals surface area contributed by atoms with E-state index in [0.717, 1.165) is 0 Å². The van der Waals surface area contributed by atoms with Gasteiger partial charge in [-0.3, -0.25) is 4.79 Å². The summed E-state index contributed by atoms with van der Waals surface area (Å²) in [6, 6.07) is 0. The lowest BCUT2D eigenvalue weighted by molar-refractivity contribution is -0.113. The summed E-state index contributed by atoms with van der Waals surface area (Å²) in [5.74, 6) is -0.272. The highest BCUT2D eigenvalue weighted by atomic mass is 16.3. The van der Waals surface area contributed by atoms with Crippen LogP contribution in [-0.4, -0.2) is 10.9 Å². The molecule has 0 saturated heterocycles. The zero-order valence-corrected chi connectivity index (χ0v) is 7.95. The molecular weight excluding hydrogens is 164 g/mol. The lowest BCUT2D eigenvalue weighted by atomic mass is 10.1. The van der Waals surface area contributed by atoms with Gasteiger partial charge >= 0.3 is 0 Å². The zero-order chi connectivity index (χ0) is 10.3. The third-order valence-electron chi connectivity index (χ3n) is 1.42. The highest BCUT2D eigenvalue weighted by Gasteiger charge is 2.03. The van der Waals surface area contributed by atoms with E-state index in [0.29, 0.717) is 0 Å². The van der Waals surface area contributed by atoms with Crippen molar-refractivity contribution in [3.05, 3.63) is 48.3 Å². The lowest BCUT2D eigenvalue weighted by Crippen LogP contribution is -1.97. The Balaban J connectivity index is 4.84. The van der Waals surface area contributed by atoms with Crippen molar-refractivity contribution in [3.63, 3.8) is 0 Å². The second kappa shape index (κ2) is 6.00. The monoisotopic (exact) mass is 178 g/mol. The first-order chi connectivity index (χ1) is 6.13. The van der Waals surface area contributed by atoms with Crippen LogP contribution < -0.4 is 0 Å². The molecule has 0 aliphatic rings. The first-order valence-corrected chi connectivity index (χ1v) is 3.99. The molecule has 0 spiro atoms. The van der Waals surface area contributed by atoms with Crippen LogP contribution in [0.15, 0.2) is 48.3 Å².